The molecule has 1 aromatic carbocycles. The molecule has 18 heavy (non-hydrogen) atoms. The molecule has 4 nitrogen and oxygen atoms in total. The van der Waals surface area contributed by atoms with E-state index >= 15 is 0 Å². The van der Waals surface area contributed by atoms with Crippen LogP contribution in [0.5, 0.6) is 5.75 Å². The van der Waals surface area contributed by atoms with Gasteiger partial charge in [-0.1, -0.05) is 6.07 Å². The molecule has 1 heterocycles. The van der Waals surface area contributed by atoms with Gasteiger partial charge in [0.2, 0.25) is 0 Å². The molecule has 0 radical (unpaired) electrons. The molecule has 3 rings (SSSR count). The lowest BCUT2D eigenvalue weighted by molar-refractivity contribution is 0.383. The van der Waals surface area contributed by atoms with Gasteiger partial charge in [-0.3, -0.25) is 0 Å². The molecular formula is C14H19N3O. The third-order valence-corrected chi connectivity index (χ3v) is 3.50. The van der Waals surface area contributed by atoms with Crippen LogP contribution in [-0.4, -0.2) is 40.2 Å². The fourth-order valence-electron chi connectivity index (χ4n) is 2.34. The Morgan fingerprint density at radius 2 is 2.17 bits per heavy atom. The second kappa shape index (κ2) is 4.28. The second-order valence-electron chi connectivity index (χ2n) is 5.34. The zero-order valence-electron chi connectivity index (χ0n) is 10.9. The Hall–Kier alpha value is -1.55. The number of phenolic OH excluding ortho intramolecular Hbond substituents is 1. The number of para-hydroxylation sites is 1. The van der Waals surface area contributed by atoms with Crippen molar-refractivity contribution >= 4 is 11.0 Å². The van der Waals surface area contributed by atoms with Gasteiger partial charge in [-0.2, -0.15) is 0 Å². The molecule has 0 aliphatic heterocycles. The van der Waals surface area contributed by atoms with Crippen LogP contribution in [0.15, 0.2) is 18.2 Å². The van der Waals surface area contributed by atoms with Gasteiger partial charge >= 0.3 is 0 Å². The number of hydrogen-bond donors (Lipinski definition) is 1. The molecule has 0 unspecified atom stereocenters. The first kappa shape index (κ1) is 11.5. The number of imidazole rings is 1. The summed E-state index contributed by atoms with van der Waals surface area (Å²) >= 11 is 0. The van der Waals surface area contributed by atoms with E-state index in [2.05, 4.69) is 28.5 Å². The summed E-state index contributed by atoms with van der Waals surface area (Å²) in [5, 5.41) is 9.90. The maximum atomic E-state index is 9.90. The Labute approximate surface area is 107 Å². The van der Waals surface area contributed by atoms with Crippen LogP contribution in [0.25, 0.3) is 11.0 Å². The number of nitrogens with zero attached hydrogens (tertiary/aromatic N) is 3. The van der Waals surface area contributed by atoms with E-state index in [-0.39, 0.29) is 5.75 Å². The lowest BCUT2D eigenvalue weighted by atomic mass is 10.3. The minimum Gasteiger partial charge on any atom is -0.506 e. The highest BCUT2D eigenvalue weighted by Gasteiger charge is 2.29. The summed E-state index contributed by atoms with van der Waals surface area (Å²) in [7, 11) is 4.15. The average molecular weight is 245 g/mol. The molecule has 0 atom stereocenters. The van der Waals surface area contributed by atoms with Crippen molar-refractivity contribution in [3.8, 4) is 5.75 Å². The number of aromatic nitrogens is 2. The van der Waals surface area contributed by atoms with E-state index in [9.17, 15) is 5.11 Å². The lowest BCUT2D eigenvalue weighted by Gasteiger charge is -2.13. The predicted molar refractivity (Wildman–Crippen MR) is 71.9 cm³/mol. The highest BCUT2D eigenvalue weighted by molar-refractivity contribution is 5.82. The average Bonchev–Trinajstić information content (AvgIpc) is 3.09. The van der Waals surface area contributed by atoms with E-state index < -0.39 is 0 Å². The molecule has 1 saturated carbocycles. The molecule has 0 saturated heterocycles. The highest BCUT2D eigenvalue weighted by atomic mass is 16.3. The van der Waals surface area contributed by atoms with Crippen LogP contribution in [0, 0.1) is 0 Å². The molecule has 1 aliphatic carbocycles. The lowest BCUT2D eigenvalue weighted by Crippen LogP contribution is -2.19. The highest BCUT2D eigenvalue weighted by Crippen LogP contribution is 2.41. The van der Waals surface area contributed by atoms with Gasteiger partial charge in [0, 0.05) is 19.0 Å². The van der Waals surface area contributed by atoms with Gasteiger partial charge in [-0.15, -0.1) is 0 Å². The third-order valence-electron chi connectivity index (χ3n) is 3.50. The number of rotatable bonds is 4. The summed E-state index contributed by atoms with van der Waals surface area (Å²) in [6.07, 6.45) is 2.46. The quantitative estimate of drug-likeness (QED) is 0.897. The number of benzene rings is 1. The zero-order chi connectivity index (χ0) is 12.7. The minimum absolute atomic E-state index is 0.290. The first-order chi connectivity index (χ1) is 8.66. The largest absolute Gasteiger partial charge is 0.506 e. The molecule has 0 bridgehead atoms. The van der Waals surface area contributed by atoms with Gasteiger partial charge in [0.1, 0.15) is 17.1 Å². The van der Waals surface area contributed by atoms with Crippen LogP contribution in [-0.2, 0) is 6.54 Å². The summed E-state index contributed by atoms with van der Waals surface area (Å²) in [6, 6.07) is 5.65. The monoisotopic (exact) mass is 245 g/mol. The van der Waals surface area contributed by atoms with Gasteiger partial charge in [0.05, 0.1) is 5.52 Å². The van der Waals surface area contributed by atoms with Crippen molar-refractivity contribution in [2.75, 3.05) is 20.6 Å². The molecule has 1 fully saturated rings. The number of likely N-dealkylation sites (N-methyl/N-ethyl adjacent to an activating group) is 1. The first-order valence-corrected chi connectivity index (χ1v) is 6.49. The van der Waals surface area contributed by atoms with Gasteiger partial charge in [-0.25, -0.2) is 4.98 Å². The van der Waals surface area contributed by atoms with Gasteiger partial charge in [0.15, 0.2) is 0 Å². The summed E-state index contributed by atoms with van der Waals surface area (Å²) in [5.74, 6) is 2.03. The van der Waals surface area contributed by atoms with Crippen LogP contribution in [0.1, 0.15) is 24.6 Å². The molecular weight excluding hydrogens is 226 g/mol. The molecule has 0 amide bonds. The smallest absolute Gasteiger partial charge is 0.143 e. The van der Waals surface area contributed by atoms with E-state index in [1.54, 1.807) is 6.07 Å². The maximum Gasteiger partial charge on any atom is 0.143 e. The standard InChI is InChI=1S/C14H19N3O/c1-16(2)8-9-17-11-4-3-5-12(18)13(11)15-14(17)10-6-7-10/h3-5,10,18H,6-9H2,1-2H3. The van der Waals surface area contributed by atoms with Crippen LogP contribution >= 0.6 is 0 Å². The molecule has 96 valence electrons. The molecule has 1 N–H and O–H groups in total. The van der Waals surface area contributed by atoms with Crippen LogP contribution < -0.4 is 0 Å². The maximum absolute atomic E-state index is 9.90. The molecule has 1 aromatic heterocycles. The van der Waals surface area contributed by atoms with Gasteiger partial charge < -0.3 is 14.6 Å². The van der Waals surface area contributed by atoms with E-state index in [0.29, 0.717) is 5.92 Å². The fraction of sp³-hybridized carbons (Fsp3) is 0.500. The van der Waals surface area contributed by atoms with E-state index in [0.717, 1.165) is 29.9 Å². The Bertz CT molecular complexity index is 570. The number of phenols is 1. The van der Waals surface area contributed by atoms with Crippen molar-refractivity contribution in [2.24, 2.45) is 0 Å². The van der Waals surface area contributed by atoms with Crippen molar-refractivity contribution in [3.63, 3.8) is 0 Å². The fourth-order valence-corrected chi connectivity index (χ4v) is 2.34. The van der Waals surface area contributed by atoms with E-state index in [1.165, 1.54) is 12.8 Å². The molecule has 0 spiro atoms. The minimum atomic E-state index is 0.290. The molecule has 2 aromatic rings. The summed E-state index contributed by atoms with van der Waals surface area (Å²) in [5.41, 5.74) is 1.80. The van der Waals surface area contributed by atoms with Crippen molar-refractivity contribution in [1.82, 2.24) is 14.5 Å². The normalized spacial score (nSPS) is 15.7. The van der Waals surface area contributed by atoms with E-state index in [4.69, 9.17) is 0 Å². The number of fused-ring (bicyclic) bond motifs is 1. The second-order valence-corrected chi connectivity index (χ2v) is 5.34. The molecule has 4 heteroatoms. The van der Waals surface area contributed by atoms with Gasteiger partial charge in [-0.05, 0) is 39.1 Å². The Kier molecular flexibility index (Phi) is 2.74. The van der Waals surface area contributed by atoms with Crippen molar-refractivity contribution < 1.29 is 5.11 Å². The summed E-state index contributed by atoms with van der Waals surface area (Å²) in [4.78, 5) is 6.82. The third kappa shape index (κ3) is 1.97. The van der Waals surface area contributed by atoms with Crippen molar-refractivity contribution in [2.45, 2.75) is 25.3 Å². The summed E-state index contributed by atoms with van der Waals surface area (Å²) < 4.78 is 2.27. The Morgan fingerprint density at radius 3 is 2.83 bits per heavy atom. The van der Waals surface area contributed by atoms with Crippen LogP contribution in [0.3, 0.4) is 0 Å². The number of hydrogen-bond acceptors (Lipinski definition) is 3. The van der Waals surface area contributed by atoms with Crippen molar-refractivity contribution in [3.05, 3.63) is 24.0 Å². The number of aromatic hydroxyl groups is 1. The van der Waals surface area contributed by atoms with E-state index in [1.807, 2.05) is 12.1 Å². The molecule has 1 aliphatic rings. The zero-order valence-corrected chi connectivity index (χ0v) is 10.9. The first-order valence-electron chi connectivity index (χ1n) is 6.49. The topological polar surface area (TPSA) is 41.3 Å². The van der Waals surface area contributed by atoms with Crippen molar-refractivity contribution in [1.29, 1.82) is 0 Å². The Morgan fingerprint density at radius 1 is 1.39 bits per heavy atom. The SMILES string of the molecule is CN(C)CCn1c(C2CC2)nc2c(O)cccc21. The van der Waals surface area contributed by atoms with Crippen LogP contribution in [0.2, 0.25) is 0 Å². The summed E-state index contributed by atoms with van der Waals surface area (Å²) in [6.45, 7) is 1.92. The Balaban J connectivity index is 2.07. The predicted octanol–water partition coefficient (Wildman–Crippen LogP) is 2.18. The van der Waals surface area contributed by atoms with Gasteiger partial charge in [0.25, 0.3) is 0 Å². The van der Waals surface area contributed by atoms with Crippen LogP contribution in [0.4, 0.5) is 0 Å².